The van der Waals surface area contributed by atoms with Crippen molar-refractivity contribution in [2.45, 2.75) is 17.7 Å². The van der Waals surface area contributed by atoms with Crippen LogP contribution in [0.25, 0.3) is 0 Å². The van der Waals surface area contributed by atoms with Crippen LogP contribution in [-0.4, -0.2) is 5.75 Å². The molecule has 0 amide bonds. The maximum Gasteiger partial charge on any atom is 0.104 e. The monoisotopic (exact) mass is 284 g/mol. The minimum Gasteiger partial charge on any atom is -0.357 e. The fraction of sp³-hybridized carbons (Fsp3) is 0.188. The molecule has 1 N–H and O–H groups in total. The summed E-state index contributed by atoms with van der Waals surface area (Å²) in [5.41, 5.74) is 3.90. The van der Waals surface area contributed by atoms with Crippen LogP contribution in [0.5, 0.6) is 0 Å². The van der Waals surface area contributed by atoms with Gasteiger partial charge in [-0.15, -0.1) is 11.8 Å². The Labute approximate surface area is 121 Å². The number of hydrogen-bond acceptors (Lipinski definition) is 3. The summed E-state index contributed by atoms with van der Waals surface area (Å²) in [6.07, 6.45) is 3.77. The summed E-state index contributed by atoms with van der Waals surface area (Å²) < 4.78 is 13.6. The van der Waals surface area contributed by atoms with Crippen molar-refractivity contribution in [3.05, 3.63) is 59.1 Å². The van der Waals surface area contributed by atoms with E-state index in [-0.39, 0.29) is 12.2 Å². The normalized spacial score (nSPS) is 21.2. The van der Waals surface area contributed by atoms with E-state index in [9.17, 15) is 4.39 Å². The van der Waals surface area contributed by atoms with Gasteiger partial charge in [-0.25, -0.2) is 4.39 Å². The van der Waals surface area contributed by atoms with E-state index >= 15 is 0 Å². The van der Waals surface area contributed by atoms with E-state index < -0.39 is 0 Å². The van der Waals surface area contributed by atoms with Gasteiger partial charge in [0.05, 0.1) is 18.2 Å². The number of nitrogens with zero attached hydrogens (tertiary/aromatic N) is 1. The van der Waals surface area contributed by atoms with Gasteiger partial charge in [0.15, 0.2) is 0 Å². The molecule has 2 aliphatic rings. The van der Waals surface area contributed by atoms with E-state index in [1.807, 2.05) is 18.2 Å². The minimum absolute atomic E-state index is 0.153. The molecule has 0 bridgehead atoms. The summed E-state index contributed by atoms with van der Waals surface area (Å²) >= 11 is 1.74. The number of allylic oxidation sites excluding steroid dienone is 5. The van der Waals surface area contributed by atoms with Crippen molar-refractivity contribution in [1.82, 2.24) is 0 Å². The van der Waals surface area contributed by atoms with Crippen molar-refractivity contribution in [3.8, 4) is 6.07 Å². The lowest BCUT2D eigenvalue weighted by Gasteiger charge is -2.25. The largest absolute Gasteiger partial charge is 0.357 e. The predicted molar refractivity (Wildman–Crippen MR) is 79.9 cm³/mol. The van der Waals surface area contributed by atoms with Crippen molar-refractivity contribution < 1.29 is 4.39 Å². The molecule has 100 valence electrons. The van der Waals surface area contributed by atoms with Gasteiger partial charge in [0.25, 0.3) is 0 Å². The number of para-hydroxylation sites is 1. The van der Waals surface area contributed by atoms with Gasteiger partial charge in [-0.2, -0.15) is 5.26 Å². The van der Waals surface area contributed by atoms with E-state index in [1.165, 1.54) is 11.0 Å². The average Bonchev–Trinajstić information content (AvgIpc) is 2.49. The van der Waals surface area contributed by atoms with Crippen LogP contribution < -0.4 is 5.32 Å². The van der Waals surface area contributed by atoms with E-state index in [1.54, 1.807) is 17.8 Å². The number of benzene rings is 1. The summed E-state index contributed by atoms with van der Waals surface area (Å²) in [4.78, 5) is 1.20. The molecular formula is C16H13FN2S. The lowest BCUT2D eigenvalue weighted by molar-refractivity contribution is 0.606. The Morgan fingerprint density at radius 3 is 3.00 bits per heavy atom. The molecule has 2 nitrogen and oxygen atoms in total. The van der Waals surface area contributed by atoms with Crippen molar-refractivity contribution >= 4 is 17.4 Å². The maximum atomic E-state index is 13.6. The predicted octanol–water partition coefficient (Wildman–Crippen LogP) is 4.56. The minimum atomic E-state index is -0.153. The second-order valence-electron chi connectivity index (χ2n) is 4.68. The highest BCUT2D eigenvalue weighted by atomic mass is 32.2. The zero-order valence-corrected chi connectivity index (χ0v) is 11.6. The number of fused-ring (bicyclic) bond motifs is 1. The second kappa shape index (κ2) is 5.56. The van der Waals surface area contributed by atoms with E-state index in [0.717, 1.165) is 28.3 Å². The van der Waals surface area contributed by atoms with Crippen LogP contribution in [0.3, 0.4) is 0 Å². The highest BCUT2D eigenvalue weighted by Crippen LogP contribution is 2.38. The standard InChI is InChI=1S/C16H13FN2S/c17-12-6-5-11(7-8-18)13(9-12)15-10-20-16-4-2-1-3-14(16)19-15/h1-6,19H,7,9-10H2. The summed E-state index contributed by atoms with van der Waals surface area (Å²) in [5, 5.41) is 12.3. The highest BCUT2D eigenvalue weighted by Gasteiger charge is 2.20. The van der Waals surface area contributed by atoms with Gasteiger partial charge in [-0.05, 0) is 29.4 Å². The first-order chi connectivity index (χ1) is 9.78. The molecule has 1 aromatic rings. The molecule has 1 aliphatic heterocycles. The van der Waals surface area contributed by atoms with Gasteiger partial charge < -0.3 is 5.32 Å². The Balaban J connectivity index is 1.97. The fourth-order valence-corrected chi connectivity index (χ4v) is 3.39. The summed E-state index contributed by atoms with van der Waals surface area (Å²) in [5.74, 6) is 0.627. The SMILES string of the molecule is N#CCC1=CC=C(F)CC1=C1CSc2ccccc2N1. The molecule has 1 aromatic carbocycles. The maximum absolute atomic E-state index is 13.6. The summed E-state index contributed by atoms with van der Waals surface area (Å²) in [7, 11) is 0. The lowest BCUT2D eigenvalue weighted by atomic mass is 9.93. The van der Waals surface area contributed by atoms with E-state index in [2.05, 4.69) is 17.5 Å². The average molecular weight is 284 g/mol. The van der Waals surface area contributed by atoms with Crippen LogP contribution in [0.4, 0.5) is 10.1 Å². The molecule has 0 radical (unpaired) electrons. The third-order valence-corrected chi connectivity index (χ3v) is 4.48. The second-order valence-corrected chi connectivity index (χ2v) is 5.70. The molecule has 4 heteroatoms. The van der Waals surface area contributed by atoms with Crippen molar-refractivity contribution in [2.24, 2.45) is 0 Å². The fourth-order valence-electron chi connectivity index (χ4n) is 2.39. The zero-order valence-electron chi connectivity index (χ0n) is 10.8. The van der Waals surface area contributed by atoms with Gasteiger partial charge in [-0.3, -0.25) is 0 Å². The van der Waals surface area contributed by atoms with Gasteiger partial charge in [0.1, 0.15) is 5.83 Å². The number of nitrogens with one attached hydrogen (secondary N) is 1. The molecule has 0 spiro atoms. The first-order valence-corrected chi connectivity index (χ1v) is 7.40. The highest BCUT2D eigenvalue weighted by molar-refractivity contribution is 7.99. The van der Waals surface area contributed by atoms with Crippen LogP contribution in [0.15, 0.2) is 64.0 Å². The molecule has 1 aliphatic carbocycles. The molecule has 0 unspecified atom stereocenters. The molecule has 0 saturated carbocycles. The zero-order chi connectivity index (χ0) is 13.9. The molecule has 3 rings (SSSR count). The van der Waals surface area contributed by atoms with Crippen LogP contribution in [0.1, 0.15) is 12.8 Å². The Morgan fingerprint density at radius 1 is 1.30 bits per heavy atom. The Kier molecular flexibility index (Phi) is 3.62. The number of rotatable bonds is 1. The molecule has 0 atom stereocenters. The quantitative estimate of drug-likeness (QED) is 0.821. The van der Waals surface area contributed by atoms with Crippen molar-refractivity contribution in [2.75, 3.05) is 11.1 Å². The van der Waals surface area contributed by atoms with Crippen molar-refractivity contribution in [3.63, 3.8) is 0 Å². The van der Waals surface area contributed by atoms with Crippen LogP contribution >= 0.6 is 11.8 Å². The molecule has 20 heavy (non-hydrogen) atoms. The Hall–Kier alpha value is -1.99. The third kappa shape index (κ3) is 2.50. The number of anilines is 1. The molecule has 0 fully saturated rings. The van der Waals surface area contributed by atoms with Crippen LogP contribution in [0, 0.1) is 11.3 Å². The molecule has 0 aromatic heterocycles. The van der Waals surface area contributed by atoms with E-state index in [4.69, 9.17) is 5.26 Å². The lowest BCUT2D eigenvalue weighted by Crippen LogP contribution is -2.13. The number of hydrogen-bond donors (Lipinski definition) is 1. The van der Waals surface area contributed by atoms with Crippen LogP contribution in [-0.2, 0) is 0 Å². The number of halogens is 1. The van der Waals surface area contributed by atoms with Gasteiger partial charge >= 0.3 is 0 Å². The number of nitriles is 1. The summed E-state index contributed by atoms with van der Waals surface area (Å²) in [6, 6.07) is 10.2. The first-order valence-electron chi connectivity index (χ1n) is 6.41. The van der Waals surface area contributed by atoms with E-state index in [0.29, 0.717) is 6.42 Å². The van der Waals surface area contributed by atoms with Gasteiger partial charge in [0.2, 0.25) is 0 Å². The number of thioether (sulfide) groups is 1. The molecule has 0 saturated heterocycles. The first kappa shape index (κ1) is 13.0. The van der Waals surface area contributed by atoms with Gasteiger partial charge in [-0.1, -0.05) is 18.2 Å². The smallest absolute Gasteiger partial charge is 0.104 e. The third-order valence-electron chi connectivity index (χ3n) is 3.38. The topological polar surface area (TPSA) is 35.8 Å². The summed E-state index contributed by atoms with van der Waals surface area (Å²) in [6.45, 7) is 0. The van der Waals surface area contributed by atoms with Gasteiger partial charge in [0, 0.05) is 22.8 Å². The molecular weight excluding hydrogens is 271 g/mol. The van der Waals surface area contributed by atoms with Crippen LogP contribution in [0.2, 0.25) is 0 Å². The molecule has 1 heterocycles. The Bertz CT molecular complexity index is 680. The Morgan fingerprint density at radius 2 is 2.15 bits per heavy atom. The van der Waals surface area contributed by atoms with Crippen molar-refractivity contribution in [1.29, 1.82) is 5.26 Å².